The van der Waals surface area contributed by atoms with Gasteiger partial charge in [-0.1, -0.05) is 36.4 Å². The third-order valence-electron chi connectivity index (χ3n) is 3.63. The van der Waals surface area contributed by atoms with Crippen LogP contribution >= 0.6 is 0 Å². The number of hydrogen-bond acceptors (Lipinski definition) is 2. The number of hydrogen-bond donors (Lipinski definition) is 0. The molecular formula is C19H16FNO2. The van der Waals surface area contributed by atoms with Gasteiger partial charge in [0.05, 0.1) is 12.2 Å². The van der Waals surface area contributed by atoms with Crippen LogP contribution in [0.5, 0.6) is 0 Å². The molecule has 0 amide bonds. The molecule has 0 radical (unpaired) electrons. The molecule has 0 saturated heterocycles. The molecule has 0 spiro atoms. The summed E-state index contributed by atoms with van der Waals surface area (Å²) in [5, 5.41) is 0. The van der Waals surface area contributed by atoms with E-state index in [1.807, 2.05) is 30.3 Å². The molecule has 0 unspecified atom stereocenters. The van der Waals surface area contributed by atoms with Crippen molar-refractivity contribution in [1.82, 2.24) is 4.57 Å². The Hall–Kier alpha value is -2.88. The zero-order chi connectivity index (χ0) is 16.2. The van der Waals surface area contributed by atoms with Crippen molar-refractivity contribution >= 4 is 0 Å². The summed E-state index contributed by atoms with van der Waals surface area (Å²) < 4.78 is 20.1. The van der Waals surface area contributed by atoms with Crippen molar-refractivity contribution in [2.45, 2.75) is 13.0 Å². The third-order valence-corrected chi connectivity index (χ3v) is 3.63. The van der Waals surface area contributed by atoms with Crippen LogP contribution in [0.2, 0.25) is 0 Å². The standard InChI is InChI=1S/C19H16FNO2/c1-2-6-17-18(15-9-11-16(20)12-10-15)23-19(22)21(17)13-14-7-4-3-5-8-14/h2-5,7-12H,1,6,13H2. The van der Waals surface area contributed by atoms with E-state index in [2.05, 4.69) is 6.58 Å². The van der Waals surface area contributed by atoms with Gasteiger partial charge in [-0.3, -0.25) is 4.57 Å². The maximum absolute atomic E-state index is 13.1. The summed E-state index contributed by atoms with van der Waals surface area (Å²) in [6.07, 6.45) is 2.21. The number of allylic oxidation sites excluding steroid dienone is 1. The summed E-state index contributed by atoms with van der Waals surface area (Å²) >= 11 is 0. The van der Waals surface area contributed by atoms with Gasteiger partial charge in [0.25, 0.3) is 0 Å². The van der Waals surface area contributed by atoms with Crippen LogP contribution < -0.4 is 5.76 Å². The predicted molar refractivity (Wildman–Crippen MR) is 87.8 cm³/mol. The number of aromatic nitrogens is 1. The van der Waals surface area contributed by atoms with E-state index in [0.717, 1.165) is 11.3 Å². The summed E-state index contributed by atoms with van der Waals surface area (Å²) in [5.41, 5.74) is 2.42. The third kappa shape index (κ3) is 3.16. The van der Waals surface area contributed by atoms with Gasteiger partial charge in [-0.2, -0.15) is 0 Å². The Morgan fingerprint density at radius 3 is 2.43 bits per heavy atom. The fourth-order valence-corrected chi connectivity index (χ4v) is 2.53. The average molecular weight is 309 g/mol. The number of benzene rings is 2. The van der Waals surface area contributed by atoms with E-state index in [4.69, 9.17) is 4.42 Å². The Morgan fingerprint density at radius 1 is 1.09 bits per heavy atom. The van der Waals surface area contributed by atoms with Crippen LogP contribution in [0.15, 0.2) is 76.5 Å². The zero-order valence-corrected chi connectivity index (χ0v) is 12.5. The molecule has 0 aliphatic rings. The second kappa shape index (κ2) is 6.48. The minimum absolute atomic E-state index is 0.329. The SMILES string of the molecule is C=CCc1c(-c2ccc(F)cc2)oc(=O)n1Cc1ccccc1. The normalized spacial score (nSPS) is 10.7. The second-order valence-corrected chi connectivity index (χ2v) is 5.22. The van der Waals surface area contributed by atoms with E-state index >= 15 is 0 Å². The van der Waals surface area contributed by atoms with E-state index < -0.39 is 5.76 Å². The van der Waals surface area contributed by atoms with Crippen molar-refractivity contribution in [2.75, 3.05) is 0 Å². The molecule has 3 aromatic rings. The van der Waals surface area contributed by atoms with Gasteiger partial charge in [-0.15, -0.1) is 6.58 Å². The molecule has 4 heteroatoms. The van der Waals surface area contributed by atoms with E-state index in [1.54, 1.807) is 22.8 Å². The molecule has 0 fully saturated rings. The van der Waals surface area contributed by atoms with E-state index in [9.17, 15) is 9.18 Å². The highest BCUT2D eigenvalue weighted by Crippen LogP contribution is 2.24. The van der Waals surface area contributed by atoms with Crippen molar-refractivity contribution in [2.24, 2.45) is 0 Å². The van der Waals surface area contributed by atoms with E-state index in [1.165, 1.54) is 12.1 Å². The highest BCUT2D eigenvalue weighted by Gasteiger charge is 2.17. The first kappa shape index (κ1) is 15.0. The van der Waals surface area contributed by atoms with Gasteiger partial charge in [0.1, 0.15) is 5.82 Å². The van der Waals surface area contributed by atoms with Crippen molar-refractivity contribution in [3.05, 3.63) is 94.9 Å². The Labute approximate surface area is 133 Å². The molecule has 0 aliphatic carbocycles. The first-order chi connectivity index (χ1) is 11.2. The van der Waals surface area contributed by atoms with E-state index in [0.29, 0.717) is 24.3 Å². The lowest BCUT2D eigenvalue weighted by atomic mass is 10.1. The molecule has 1 heterocycles. The molecule has 2 aromatic carbocycles. The fourth-order valence-electron chi connectivity index (χ4n) is 2.53. The largest absolute Gasteiger partial charge is 0.420 e. The molecular weight excluding hydrogens is 293 g/mol. The van der Waals surface area contributed by atoms with Crippen LogP contribution in [0.25, 0.3) is 11.3 Å². The summed E-state index contributed by atoms with van der Waals surface area (Å²) in [4.78, 5) is 12.3. The van der Waals surface area contributed by atoms with Crippen LogP contribution in [0.4, 0.5) is 4.39 Å². The van der Waals surface area contributed by atoms with Crippen LogP contribution in [0, 0.1) is 5.82 Å². The molecule has 0 atom stereocenters. The van der Waals surface area contributed by atoms with Crippen molar-refractivity contribution in [3.8, 4) is 11.3 Å². The predicted octanol–water partition coefficient (Wildman–Crippen LogP) is 4.02. The van der Waals surface area contributed by atoms with Crippen LogP contribution in [-0.2, 0) is 13.0 Å². The first-order valence-corrected chi connectivity index (χ1v) is 7.32. The lowest BCUT2D eigenvalue weighted by Crippen LogP contribution is -2.17. The molecule has 0 aliphatic heterocycles. The lowest BCUT2D eigenvalue weighted by Gasteiger charge is -2.06. The van der Waals surface area contributed by atoms with Gasteiger partial charge in [0, 0.05) is 12.0 Å². The maximum atomic E-state index is 13.1. The Bertz CT molecular complexity index is 861. The Morgan fingerprint density at radius 2 is 1.78 bits per heavy atom. The van der Waals surface area contributed by atoms with Crippen molar-refractivity contribution < 1.29 is 8.81 Å². The van der Waals surface area contributed by atoms with Crippen LogP contribution in [0.1, 0.15) is 11.3 Å². The number of nitrogens with zero attached hydrogens (tertiary/aromatic N) is 1. The van der Waals surface area contributed by atoms with E-state index in [-0.39, 0.29) is 5.82 Å². The first-order valence-electron chi connectivity index (χ1n) is 7.32. The van der Waals surface area contributed by atoms with Crippen molar-refractivity contribution in [1.29, 1.82) is 0 Å². The number of rotatable bonds is 5. The monoisotopic (exact) mass is 309 g/mol. The average Bonchev–Trinajstić information content (AvgIpc) is 2.86. The number of oxazole rings is 1. The Kier molecular flexibility index (Phi) is 4.24. The molecule has 3 rings (SSSR count). The molecule has 0 N–H and O–H groups in total. The molecule has 3 nitrogen and oxygen atoms in total. The molecule has 23 heavy (non-hydrogen) atoms. The molecule has 0 saturated carbocycles. The van der Waals surface area contributed by atoms with Gasteiger partial charge < -0.3 is 4.42 Å². The van der Waals surface area contributed by atoms with Gasteiger partial charge in [-0.25, -0.2) is 9.18 Å². The zero-order valence-electron chi connectivity index (χ0n) is 12.5. The highest BCUT2D eigenvalue weighted by atomic mass is 19.1. The Balaban J connectivity index is 2.08. The van der Waals surface area contributed by atoms with Crippen molar-refractivity contribution in [3.63, 3.8) is 0 Å². The summed E-state index contributed by atoms with van der Waals surface area (Å²) in [7, 11) is 0. The minimum atomic E-state index is -0.426. The quantitative estimate of drug-likeness (QED) is 0.667. The molecule has 0 bridgehead atoms. The maximum Gasteiger partial charge on any atom is 0.420 e. The summed E-state index contributed by atoms with van der Waals surface area (Å²) in [5.74, 6) is -0.291. The minimum Gasteiger partial charge on any atom is -0.407 e. The highest BCUT2D eigenvalue weighted by molar-refractivity contribution is 5.60. The summed E-state index contributed by atoms with van der Waals surface area (Å²) in [6.45, 7) is 4.17. The van der Waals surface area contributed by atoms with Gasteiger partial charge in [0.15, 0.2) is 5.76 Å². The molecule has 116 valence electrons. The summed E-state index contributed by atoms with van der Waals surface area (Å²) in [6, 6.07) is 15.6. The van der Waals surface area contributed by atoms with Crippen LogP contribution in [0.3, 0.4) is 0 Å². The second-order valence-electron chi connectivity index (χ2n) is 5.22. The topological polar surface area (TPSA) is 35.1 Å². The van der Waals surface area contributed by atoms with Gasteiger partial charge in [0.2, 0.25) is 0 Å². The smallest absolute Gasteiger partial charge is 0.407 e. The lowest BCUT2D eigenvalue weighted by molar-refractivity contribution is 0.496. The molecule has 1 aromatic heterocycles. The van der Waals surface area contributed by atoms with Crippen LogP contribution in [-0.4, -0.2) is 4.57 Å². The fraction of sp³-hybridized carbons (Fsp3) is 0.105. The van der Waals surface area contributed by atoms with Gasteiger partial charge in [-0.05, 0) is 29.8 Å². The number of halogens is 1. The van der Waals surface area contributed by atoms with Gasteiger partial charge >= 0.3 is 5.76 Å².